The smallest absolute Gasteiger partial charge is 0.217 e. The van der Waals surface area contributed by atoms with Gasteiger partial charge in [-0.15, -0.1) is 0 Å². The van der Waals surface area contributed by atoms with Crippen molar-refractivity contribution in [3.8, 4) is 0 Å². The number of halogens is 1. The maximum Gasteiger partial charge on any atom is 0.217 e. The minimum Gasteiger partial charge on any atom is -0.370 e. The van der Waals surface area contributed by atoms with Crippen LogP contribution in [0.2, 0.25) is 0 Å². The first-order valence-corrected chi connectivity index (χ1v) is 3.04. The molecule has 0 fully saturated rings. The second-order valence-electron chi connectivity index (χ2n) is 1.48. The summed E-state index contributed by atoms with van der Waals surface area (Å²) >= 11 is 3.10. The lowest BCUT2D eigenvalue weighted by molar-refractivity contribution is -0.117. The molecule has 0 aromatic rings. The Morgan fingerprint density at radius 2 is 2.12 bits per heavy atom. The van der Waals surface area contributed by atoms with E-state index in [4.69, 9.17) is 5.73 Å². The second kappa shape index (κ2) is 3.66. The fourth-order valence-corrected chi connectivity index (χ4v) is 0.457. The van der Waals surface area contributed by atoms with Crippen LogP contribution in [-0.2, 0) is 4.79 Å². The Kier molecular flexibility index (Phi) is 3.52. The van der Waals surface area contributed by atoms with Gasteiger partial charge in [-0.05, 0) is 10.9 Å². The van der Waals surface area contributed by atoms with Gasteiger partial charge in [0.2, 0.25) is 5.91 Å². The van der Waals surface area contributed by atoms with Crippen LogP contribution in [0.15, 0.2) is 11.1 Å². The molecular weight excluding hydrogens is 170 g/mol. The quantitative estimate of drug-likeness (QED) is 0.692. The van der Waals surface area contributed by atoms with Crippen molar-refractivity contribution < 1.29 is 4.79 Å². The molecule has 0 saturated carbocycles. The van der Waals surface area contributed by atoms with E-state index < -0.39 is 0 Å². The molecule has 0 aliphatic rings. The van der Waals surface area contributed by atoms with Crippen LogP contribution in [0.5, 0.6) is 0 Å². The normalized spacial score (nSPS) is 8.62. The Bertz CT molecular complexity index is 97.0. The van der Waals surface area contributed by atoms with Gasteiger partial charge in [0.15, 0.2) is 0 Å². The summed E-state index contributed by atoms with van der Waals surface area (Å²) in [5.41, 5.74) is 4.84. The zero-order chi connectivity index (χ0) is 6.57. The van der Waals surface area contributed by atoms with Crippen molar-refractivity contribution in [3.05, 3.63) is 11.1 Å². The highest BCUT2D eigenvalue weighted by Gasteiger charge is 1.92. The second-order valence-corrected chi connectivity index (χ2v) is 2.61. The summed E-state index contributed by atoms with van der Waals surface area (Å²) in [6.45, 7) is 3.54. The van der Waals surface area contributed by atoms with E-state index in [0.29, 0.717) is 12.8 Å². The summed E-state index contributed by atoms with van der Waals surface area (Å²) in [6.07, 6.45) is 1.01. The molecule has 2 N–H and O–H groups in total. The lowest BCUT2D eigenvalue weighted by Gasteiger charge is -1.90. The largest absolute Gasteiger partial charge is 0.370 e. The van der Waals surface area contributed by atoms with Gasteiger partial charge in [0.25, 0.3) is 0 Å². The van der Waals surface area contributed by atoms with E-state index in [9.17, 15) is 4.79 Å². The van der Waals surface area contributed by atoms with Crippen LogP contribution >= 0.6 is 15.9 Å². The first kappa shape index (κ1) is 7.69. The number of nitrogens with two attached hydrogens (primary N) is 1. The van der Waals surface area contributed by atoms with Crippen LogP contribution in [0.3, 0.4) is 0 Å². The van der Waals surface area contributed by atoms with Gasteiger partial charge in [-0.1, -0.05) is 22.5 Å². The summed E-state index contributed by atoms with van der Waals surface area (Å²) in [5, 5.41) is 0. The average Bonchev–Trinajstić information content (AvgIpc) is 1.61. The number of carbonyl (C=O) groups excluding carboxylic acids is 1. The number of hydrogen-bond donors (Lipinski definition) is 1. The third kappa shape index (κ3) is 5.69. The van der Waals surface area contributed by atoms with Crippen LogP contribution in [0.1, 0.15) is 12.8 Å². The summed E-state index contributed by atoms with van der Waals surface area (Å²) in [5.74, 6) is -0.286. The Balaban J connectivity index is 3.18. The van der Waals surface area contributed by atoms with Crippen molar-refractivity contribution in [2.24, 2.45) is 5.73 Å². The van der Waals surface area contributed by atoms with Crippen LogP contribution in [-0.4, -0.2) is 5.91 Å². The molecule has 0 unspecified atom stereocenters. The highest BCUT2D eigenvalue weighted by molar-refractivity contribution is 9.11. The van der Waals surface area contributed by atoms with Crippen molar-refractivity contribution in [1.82, 2.24) is 0 Å². The van der Waals surface area contributed by atoms with E-state index in [2.05, 4.69) is 22.5 Å². The Hall–Kier alpha value is -0.310. The van der Waals surface area contributed by atoms with Crippen molar-refractivity contribution in [2.45, 2.75) is 12.8 Å². The highest BCUT2D eigenvalue weighted by atomic mass is 79.9. The molecule has 46 valence electrons. The van der Waals surface area contributed by atoms with Gasteiger partial charge >= 0.3 is 0 Å². The summed E-state index contributed by atoms with van der Waals surface area (Å²) < 4.78 is 0.816. The molecule has 2 nitrogen and oxygen atoms in total. The minimum absolute atomic E-state index is 0.286. The standard InChI is InChI=1S/C5H8BrNO/c1-4(6)2-3-5(7)8/h1-3H2,(H2,7,8). The van der Waals surface area contributed by atoms with E-state index in [0.717, 1.165) is 4.48 Å². The number of primary amides is 1. The Morgan fingerprint density at radius 1 is 1.62 bits per heavy atom. The lowest BCUT2D eigenvalue weighted by atomic mass is 10.3. The molecule has 8 heavy (non-hydrogen) atoms. The van der Waals surface area contributed by atoms with Crippen LogP contribution in [0.4, 0.5) is 0 Å². The number of carbonyl (C=O) groups is 1. The fourth-order valence-electron chi connectivity index (χ4n) is 0.259. The fraction of sp³-hybridized carbons (Fsp3) is 0.400. The van der Waals surface area contributed by atoms with E-state index >= 15 is 0 Å². The molecule has 0 bridgehead atoms. The predicted molar refractivity (Wildman–Crippen MR) is 36.5 cm³/mol. The lowest BCUT2D eigenvalue weighted by Crippen LogP contribution is -2.09. The van der Waals surface area contributed by atoms with E-state index in [-0.39, 0.29) is 5.91 Å². The zero-order valence-corrected chi connectivity index (χ0v) is 6.07. The third-order valence-electron chi connectivity index (χ3n) is 0.643. The SMILES string of the molecule is C=C(Br)CCC(N)=O. The van der Waals surface area contributed by atoms with Crippen molar-refractivity contribution in [2.75, 3.05) is 0 Å². The molecule has 0 atom stereocenters. The van der Waals surface area contributed by atoms with E-state index in [1.54, 1.807) is 0 Å². The molecule has 0 aromatic heterocycles. The molecule has 0 aliphatic heterocycles. The van der Waals surface area contributed by atoms with E-state index in [1.165, 1.54) is 0 Å². The molecule has 0 radical (unpaired) electrons. The van der Waals surface area contributed by atoms with Gasteiger partial charge in [-0.3, -0.25) is 4.79 Å². The Morgan fingerprint density at radius 3 is 2.25 bits per heavy atom. The monoisotopic (exact) mass is 177 g/mol. The van der Waals surface area contributed by atoms with E-state index in [1.807, 2.05) is 0 Å². The van der Waals surface area contributed by atoms with Gasteiger partial charge in [0.05, 0.1) is 0 Å². The van der Waals surface area contributed by atoms with Gasteiger partial charge in [-0.2, -0.15) is 0 Å². The summed E-state index contributed by atoms with van der Waals surface area (Å²) in [6, 6.07) is 0. The van der Waals surface area contributed by atoms with Gasteiger partial charge in [0.1, 0.15) is 0 Å². The minimum atomic E-state index is -0.286. The molecule has 0 spiro atoms. The van der Waals surface area contributed by atoms with Crippen molar-refractivity contribution in [1.29, 1.82) is 0 Å². The van der Waals surface area contributed by atoms with Crippen LogP contribution in [0.25, 0.3) is 0 Å². The molecule has 0 saturated heterocycles. The summed E-state index contributed by atoms with van der Waals surface area (Å²) in [4.78, 5) is 10.1. The zero-order valence-electron chi connectivity index (χ0n) is 4.48. The number of amides is 1. The first-order valence-electron chi connectivity index (χ1n) is 2.24. The van der Waals surface area contributed by atoms with Gasteiger partial charge < -0.3 is 5.73 Å². The predicted octanol–water partition coefficient (Wildman–Crippen LogP) is 1.16. The molecule has 0 aromatic carbocycles. The van der Waals surface area contributed by atoms with Crippen LogP contribution in [0, 0.1) is 0 Å². The molecule has 0 heterocycles. The number of allylic oxidation sites excluding steroid dienone is 1. The maximum absolute atomic E-state index is 10.1. The number of rotatable bonds is 3. The van der Waals surface area contributed by atoms with Gasteiger partial charge in [0, 0.05) is 6.42 Å². The molecular formula is C5H8BrNO. The van der Waals surface area contributed by atoms with Crippen LogP contribution < -0.4 is 5.73 Å². The highest BCUT2D eigenvalue weighted by Crippen LogP contribution is 2.07. The summed E-state index contributed by atoms with van der Waals surface area (Å²) in [7, 11) is 0. The molecule has 0 aliphatic carbocycles. The first-order chi connectivity index (χ1) is 3.63. The average molecular weight is 178 g/mol. The molecule has 1 amide bonds. The molecule has 0 rings (SSSR count). The van der Waals surface area contributed by atoms with Crippen molar-refractivity contribution >= 4 is 21.8 Å². The number of hydrogen-bond acceptors (Lipinski definition) is 1. The third-order valence-corrected chi connectivity index (χ3v) is 1.04. The Labute approximate surface area is 56.9 Å². The topological polar surface area (TPSA) is 43.1 Å². The molecule has 3 heteroatoms. The van der Waals surface area contributed by atoms with Gasteiger partial charge in [-0.25, -0.2) is 0 Å². The maximum atomic E-state index is 10.1. The van der Waals surface area contributed by atoms with Crippen molar-refractivity contribution in [3.63, 3.8) is 0 Å².